The van der Waals surface area contributed by atoms with E-state index in [4.69, 9.17) is 0 Å². The maximum absolute atomic E-state index is 11.9. The van der Waals surface area contributed by atoms with Gasteiger partial charge < -0.3 is 0 Å². The topological polar surface area (TPSA) is 46.5 Å². The molecule has 0 saturated heterocycles. The summed E-state index contributed by atoms with van der Waals surface area (Å²) in [6, 6.07) is 0. The number of carbonyl (C=O) groups excluding carboxylic acids is 1. The van der Waals surface area contributed by atoms with Gasteiger partial charge in [0.2, 0.25) is 0 Å². The lowest BCUT2D eigenvalue weighted by Crippen LogP contribution is -2.21. The normalized spacial score (nSPS) is 15.8. The Morgan fingerprint density at radius 2 is 1.82 bits per heavy atom. The van der Waals surface area contributed by atoms with Crippen LogP contribution in [0.5, 0.6) is 0 Å². The first-order valence-electron chi connectivity index (χ1n) is 5.62. The molecule has 7 heteroatoms. The third-order valence-electron chi connectivity index (χ3n) is 2.26. The molecule has 1 amide bonds. The second kappa shape index (κ2) is 7.68. The van der Waals surface area contributed by atoms with E-state index in [-0.39, 0.29) is 0 Å². The van der Waals surface area contributed by atoms with E-state index in [2.05, 4.69) is 4.36 Å². The van der Waals surface area contributed by atoms with E-state index in [1.54, 1.807) is 0 Å². The Labute approximate surface area is 101 Å². The van der Waals surface area contributed by atoms with Crippen LogP contribution in [0.25, 0.3) is 0 Å². The average molecular weight is 273 g/mol. The molecule has 102 valence electrons. The lowest BCUT2D eigenvalue weighted by atomic mass is 10.1. The Kier molecular flexibility index (Phi) is 7.41. The number of alkyl halides is 3. The van der Waals surface area contributed by atoms with Gasteiger partial charge in [-0.15, -0.1) is 0 Å². The van der Waals surface area contributed by atoms with Crippen LogP contribution in [0.1, 0.15) is 46.0 Å². The van der Waals surface area contributed by atoms with E-state index in [9.17, 15) is 22.2 Å². The van der Waals surface area contributed by atoms with Crippen molar-refractivity contribution in [1.29, 1.82) is 0 Å². The lowest BCUT2D eigenvalue weighted by molar-refractivity contribution is -0.169. The maximum atomic E-state index is 11.9. The monoisotopic (exact) mass is 273 g/mol. The summed E-state index contributed by atoms with van der Waals surface area (Å²) in [4.78, 5) is 10.6. The van der Waals surface area contributed by atoms with E-state index in [1.807, 2.05) is 13.8 Å². The molecule has 0 aromatic rings. The Balaban J connectivity index is 4.70. The molecule has 0 aliphatic rings. The van der Waals surface area contributed by atoms with Gasteiger partial charge in [-0.1, -0.05) is 33.1 Å². The van der Waals surface area contributed by atoms with Gasteiger partial charge in [-0.3, -0.25) is 9.00 Å². The van der Waals surface area contributed by atoms with Crippen molar-refractivity contribution >= 4 is 16.5 Å². The standard InChI is InChI=1S/C10H18F3NO2S/c1-3-5-7-8(6-4-2)17(16)14-9(15)10(11,12)13/h8,17H,3-7H2,1-2H3. The molecule has 0 saturated carbocycles. The molecule has 17 heavy (non-hydrogen) atoms. The second-order valence-electron chi connectivity index (χ2n) is 3.79. The van der Waals surface area contributed by atoms with Crippen molar-refractivity contribution in [1.82, 2.24) is 0 Å². The van der Waals surface area contributed by atoms with E-state index >= 15 is 0 Å². The fraction of sp³-hybridized carbons (Fsp3) is 0.900. The summed E-state index contributed by atoms with van der Waals surface area (Å²) >= 11 is 0. The Hall–Kier alpha value is -0.590. The van der Waals surface area contributed by atoms with Crippen LogP contribution in [0.4, 0.5) is 13.2 Å². The summed E-state index contributed by atoms with van der Waals surface area (Å²) in [5, 5.41) is -0.416. The minimum Gasteiger partial charge on any atom is -0.261 e. The van der Waals surface area contributed by atoms with Crippen LogP contribution < -0.4 is 0 Å². The van der Waals surface area contributed by atoms with Gasteiger partial charge in [-0.2, -0.15) is 17.5 Å². The van der Waals surface area contributed by atoms with Crippen LogP contribution >= 0.6 is 0 Å². The highest BCUT2D eigenvalue weighted by molar-refractivity contribution is 7.75. The molecule has 0 N–H and O–H groups in total. The lowest BCUT2D eigenvalue weighted by Gasteiger charge is -2.10. The van der Waals surface area contributed by atoms with Gasteiger partial charge in [0.25, 0.3) is 0 Å². The molecule has 0 radical (unpaired) electrons. The van der Waals surface area contributed by atoms with Gasteiger partial charge in [-0.25, -0.2) is 0 Å². The quantitative estimate of drug-likeness (QED) is 0.756. The molecule has 0 spiro atoms. The molecule has 0 aliphatic heterocycles. The van der Waals surface area contributed by atoms with E-state index in [1.165, 1.54) is 0 Å². The van der Waals surface area contributed by atoms with Crippen molar-refractivity contribution in [2.24, 2.45) is 4.36 Å². The fourth-order valence-corrected chi connectivity index (χ4v) is 2.70. The second-order valence-corrected chi connectivity index (χ2v) is 5.33. The van der Waals surface area contributed by atoms with Crippen molar-refractivity contribution in [2.75, 3.05) is 0 Å². The number of carbonyl (C=O) groups is 1. The van der Waals surface area contributed by atoms with Gasteiger partial charge >= 0.3 is 12.1 Å². The third-order valence-corrected chi connectivity index (χ3v) is 3.78. The summed E-state index contributed by atoms with van der Waals surface area (Å²) in [6.07, 6.45) is -1.58. The van der Waals surface area contributed by atoms with Gasteiger partial charge in [0.05, 0.1) is 0 Å². The first-order valence-corrected chi connectivity index (χ1v) is 6.90. The van der Waals surface area contributed by atoms with Crippen molar-refractivity contribution in [3.05, 3.63) is 0 Å². The molecule has 0 fully saturated rings. The Bertz CT molecular complexity index is 322. The summed E-state index contributed by atoms with van der Waals surface area (Å²) in [5.74, 6) is -2.24. The predicted molar refractivity (Wildman–Crippen MR) is 61.2 cm³/mol. The maximum Gasteiger partial charge on any atom is 0.474 e. The Morgan fingerprint density at radius 1 is 1.24 bits per heavy atom. The van der Waals surface area contributed by atoms with Crippen molar-refractivity contribution in [3.63, 3.8) is 0 Å². The summed E-state index contributed by atoms with van der Waals surface area (Å²) in [6.45, 7) is 3.79. The van der Waals surface area contributed by atoms with Crippen LogP contribution in [-0.4, -0.2) is 21.5 Å². The molecular weight excluding hydrogens is 255 g/mol. The number of nitrogens with zero attached hydrogens (tertiary/aromatic N) is 1. The highest BCUT2D eigenvalue weighted by atomic mass is 32.2. The number of halogens is 3. The number of hydrogen-bond acceptors (Lipinski definition) is 2. The number of rotatable bonds is 6. The van der Waals surface area contributed by atoms with Crippen molar-refractivity contribution in [2.45, 2.75) is 57.4 Å². The first-order chi connectivity index (χ1) is 7.82. The molecule has 0 aromatic carbocycles. The highest BCUT2D eigenvalue weighted by Crippen LogP contribution is 2.18. The van der Waals surface area contributed by atoms with Crippen LogP contribution in [-0.2, 0) is 15.4 Å². The fourth-order valence-electron chi connectivity index (χ4n) is 1.37. The molecule has 0 aliphatic carbocycles. The van der Waals surface area contributed by atoms with Crippen LogP contribution in [0.2, 0.25) is 0 Å². The van der Waals surface area contributed by atoms with Gasteiger partial charge in [0.1, 0.15) is 0 Å². The number of unbranched alkanes of at least 4 members (excludes halogenated alkanes) is 1. The summed E-state index contributed by atoms with van der Waals surface area (Å²) in [7, 11) is -2.46. The van der Waals surface area contributed by atoms with Crippen LogP contribution in [0.15, 0.2) is 4.36 Å². The van der Waals surface area contributed by atoms with Crippen molar-refractivity contribution in [3.8, 4) is 0 Å². The number of amides is 1. The zero-order valence-corrected chi connectivity index (χ0v) is 10.9. The smallest absolute Gasteiger partial charge is 0.261 e. The molecule has 0 heterocycles. The minimum atomic E-state index is -5.02. The zero-order chi connectivity index (χ0) is 13.5. The average Bonchev–Trinajstić information content (AvgIpc) is 2.22. The predicted octanol–water partition coefficient (Wildman–Crippen LogP) is 3.10. The largest absolute Gasteiger partial charge is 0.474 e. The minimum absolute atomic E-state index is 0.416. The SMILES string of the molecule is CCCCC(CCC)/[SH](=O)=N/C(=O)C(F)(F)F. The molecule has 0 rings (SSSR count). The molecule has 3 nitrogen and oxygen atoms in total. The van der Waals surface area contributed by atoms with E-state index in [0.29, 0.717) is 19.3 Å². The van der Waals surface area contributed by atoms with E-state index in [0.717, 1.165) is 12.8 Å². The summed E-state index contributed by atoms with van der Waals surface area (Å²) in [5.41, 5.74) is 0. The zero-order valence-electron chi connectivity index (χ0n) is 9.96. The molecular formula is C10H18F3NO2S. The summed E-state index contributed by atoms with van der Waals surface area (Å²) < 4.78 is 50.1. The van der Waals surface area contributed by atoms with Gasteiger partial charge in [0.15, 0.2) is 0 Å². The number of hydrogen-bond donors (Lipinski definition) is 1. The van der Waals surface area contributed by atoms with Crippen LogP contribution in [0, 0.1) is 0 Å². The third kappa shape index (κ3) is 6.65. The van der Waals surface area contributed by atoms with Crippen LogP contribution in [0.3, 0.4) is 0 Å². The van der Waals surface area contributed by atoms with Gasteiger partial charge in [-0.05, 0) is 12.8 Å². The highest BCUT2D eigenvalue weighted by Gasteiger charge is 2.39. The molecule has 0 aromatic heterocycles. The Morgan fingerprint density at radius 3 is 2.24 bits per heavy atom. The first kappa shape index (κ1) is 16.4. The molecule has 0 bridgehead atoms. The van der Waals surface area contributed by atoms with Gasteiger partial charge in [0, 0.05) is 15.8 Å². The van der Waals surface area contributed by atoms with E-state index < -0.39 is 27.9 Å². The van der Waals surface area contributed by atoms with Crippen molar-refractivity contribution < 1.29 is 22.2 Å². The molecule has 2 unspecified atom stereocenters. The molecule has 2 atom stereocenters. The number of thiol groups is 1.